The van der Waals surface area contributed by atoms with Gasteiger partial charge < -0.3 is 19.5 Å². The predicted octanol–water partition coefficient (Wildman–Crippen LogP) is 5.75. The fraction of sp³-hybridized carbons (Fsp3) is 0.321. The molecule has 3 aromatic carbocycles. The molecule has 0 fully saturated rings. The molecule has 5 heteroatoms. The van der Waals surface area contributed by atoms with Crippen molar-refractivity contribution >= 4 is 5.91 Å². The van der Waals surface area contributed by atoms with E-state index in [2.05, 4.69) is 19.2 Å². The highest BCUT2D eigenvalue weighted by molar-refractivity contribution is 5.84. The molecule has 0 aliphatic carbocycles. The first kappa shape index (κ1) is 24.2. The van der Waals surface area contributed by atoms with Crippen molar-refractivity contribution in [2.24, 2.45) is 5.92 Å². The number of hydrogen-bond donors (Lipinski definition) is 1. The van der Waals surface area contributed by atoms with Gasteiger partial charge >= 0.3 is 0 Å². The normalized spacial score (nSPS) is 11.8. The summed E-state index contributed by atoms with van der Waals surface area (Å²) in [5.41, 5.74) is 2.70. The number of carbonyl (C=O) groups excluding carboxylic acids is 1. The maximum absolute atomic E-state index is 13.8. The Morgan fingerprint density at radius 2 is 1.27 bits per heavy atom. The van der Waals surface area contributed by atoms with Gasteiger partial charge in [0.15, 0.2) is 0 Å². The maximum atomic E-state index is 13.8. The molecule has 1 amide bonds. The first-order valence-electron chi connectivity index (χ1n) is 11.2. The molecular formula is C28H33NO4. The molecule has 0 aliphatic rings. The van der Waals surface area contributed by atoms with Crippen LogP contribution in [0, 0.1) is 5.92 Å². The van der Waals surface area contributed by atoms with Crippen LogP contribution in [0.1, 0.15) is 48.9 Å². The molecule has 0 radical (unpaired) electrons. The summed E-state index contributed by atoms with van der Waals surface area (Å²) in [6.45, 7) is 4.25. The predicted molar refractivity (Wildman–Crippen MR) is 131 cm³/mol. The molecule has 3 rings (SSSR count). The van der Waals surface area contributed by atoms with Crippen molar-refractivity contribution in [2.45, 2.75) is 32.2 Å². The number of rotatable bonds is 10. The highest BCUT2D eigenvalue weighted by Crippen LogP contribution is 2.36. The lowest BCUT2D eigenvalue weighted by Crippen LogP contribution is -2.34. The minimum Gasteiger partial charge on any atom is -0.497 e. The Hall–Kier alpha value is -3.47. The van der Waals surface area contributed by atoms with E-state index in [1.807, 2.05) is 72.8 Å². The second-order valence-corrected chi connectivity index (χ2v) is 8.38. The molecule has 0 aliphatic heterocycles. The van der Waals surface area contributed by atoms with Crippen molar-refractivity contribution in [1.82, 2.24) is 5.32 Å². The lowest BCUT2D eigenvalue weighted by atomic mass is 9.88. The number of ether oxygens (including phenoxy) is 3. The quantitative estimate of drug-likeness (QED) is 0.430. The van der Waals surface area contributed by atoms with Crippen molar-refractivity contribution in [3.63, 3.8) is 0 Å². The van der Waals surface area contributed by atoms with Crippen molar-refractivity contribution in [2.75, 3.05) is 21.3 Å². The van der Waals surface area contributed by atoms with Gasteiger partial charge in [0.1, 0.15) is 17.2 Å². The van der Waals surface area contributed by atoms with Crippen LogP contribution in [-0.2, 0) is 4.79 Å². The summed E-state index contributed by atoms with van der Waals surface area (Å²) < 4.78 is 16.6. The highest BCUT2D eigenvalue weighted by atomic mass is 16.5. The van der Waals surface area contributed by atoms with E-state index in [0.717, 1.165) is 28.9 Å². The fourth-order valence-electron chi connectivity index (χ4n) is 4.08. The first-order valence-corrected chi connectivity index (χ1v) is 11.2. The number of nitrogens with one attached hydrogen (secondary N) is 1. The molecule has 0 heterocycles. The molecule has 1 N–H and O–H groups in total. The van der Waals surface area contributed by atoms with E-state index < -0.39 is 6.04 Å². The molecule has 0 saturated heterocycles. The molecule has 1 atom stereocenters. The molecule has 0 saturated carbocycles. The van der Waals surface area contributed by atoms with Crippen molar-refractivity contribution in [1.29, 1.82) is 0 Å². The molecular weight excluding hydrogens is 414 g/mol. The van der Waals surface area contributed by atoms with E-state index in [1.54, 1.807) is 21.3 Å². The summed E-state index contributed by atoms with van der Waals surface area (Å²) in [7, 11) is 4.91. The Morgan fingerprint density at radius 1 is 0.758 bits per heavy atom. The molecule has 0 bridgehead atoms. The largest absolute Gasteiger partial charge is 0.497 e. The molecule has 0 aromatic heterocycles. The van der Waals surface area contributed by atoms with Crippen LogP contribution in [0.25, 0.3) is 0 Å². The molecule has 1 unspecified atom stereocenters. The third kappa shape index (κ3) is 5.86. The fourth-order valence-corrected chi connectivity index (χ4v) is 4.08. The van der Waals surface area contributed by atoms with Crippen LogP contribution in [0.3, 0.4) is 0 Å². The molecule has 0 spiro atoms. The lowest BCUT2D eigenvalue weighted by Gasteiger charge is -2.27. The van der Waals surface area contributed by atoms with Gasteiger partial charge in [-0.05, 0) is 42.2 Å². The van der Waals surface area contributed by atoms with Gasteiger partial charge in [-0.25, -0.2) is 0 Å². The standard InChI is InChI=1S/C28H33NO4/c1-19(2)18-24(20-14-16-21(31-3)17-15-20)28(30)29-27(22-10-6-8-12-25(22)32-4)23-11-7-9-13-26(23)33-5/h6-17,19,24,27H,18H2,1-5H3,(H,29,30). The second-order valence-electron chi connectivity index (χ2n) is 8.38. The Morgan fingerprint density at radius 3 is 1.73 bits per heavy atom. The lowest BCUT2D eigenvalue weighted by molar-refractivity contribution is -0.123. The summed E-state index contributed by atoms with van der Waals surface area (Å²) in [6.07, 6.45) is 0.725. The van der Waals surface area contributed by atoms with Crippen LogP contribution in [-0.4, -0.2) is 27.2 Å². The number of carbonyl (C=O) groups is 1. The monoisotopic (exact) mass is 447 g/mol. The van der Waals surface area contributed by atoms with Gasteiger partial charge in [-0.1, -0.05) is 62.4 Å². The van der Waals surface area contributed by atoms with Crippen LogP contribution in [0.5, 0.6) is 17.2 Å². The summed E-state index contributed by atoms with van der Waals surface area (Å²) in [4.78, 5) is 13.8. The van der Waals surface area contributed by atoms with E-state index in [9.17, 15) is 4.79 Å². The van der Waals surface area contributed by atoms with E-state index >= 15 is 0 Å². The zero-order valence-corrected chi connectivity index (χ0v) is 20.0. The summed E-state index contributed by atoms with van der Waals surface area (Å²) in [6, 6.07) is 22.8. The van der Waals surface area contributed by atoms with Gasteiger partial charge in [-0.15, -0.1) is 0 Å². The van der Waals surface area contributed by atoms with Gasteiger partial charge in [0.05, 0.1) is 33.3 Å². The number of methoxy groups -OCH3 is 3. The molecule has 3 aromatic rings. The third-order valence-corrected chi connectivity index (χ3v) is 5.73. The molecule has 5 nitrogen and oxygen atoms in total. The summed E-state index contributed by atoms with van der Waals surface area (Å²) in [5.74, 6) is 2.18. The Labute approximate surface area is 196 Å². The molecule has 33 heavy (non-hydrogen) atoms. The first-order chi connectivity index (χ1) is 16.0. The zero-order valence-electron chi connectivity index (χ0n) is 20.0. The van der Waals surface area contributed by atoms with Crippen molar-refractivity contribution in [3.05, 3.63) is 89.5 Å². The summed E-state index contributed by atoms with van der Waals surface area (Å²) in [5, 5.41) is 3.30. The van der Waals surface area contributed by atoms with Crippen LogP contribution in [0.4, 0.5) is 0 Å². The SMILES string of the molecule is COc1ccc(C(CC(C)C)C(=O)NC(c2ccccc2OC)c2ccccc2OC)cc1. The minimum atomic E-state index is -0.433. The number of benzene rings is 3. The third-order valence-electron chi connectivity index (χ3n) is 5.73. The van der Waals surface area contributed by atoms with E-state index in [-0.39, 0.29) is 11.8 Å². The smallest absolute Gasteiger partial charge is 0.228 e. The second kappa shape index (κ2) is 11.4. The zero-order chi connectivity index (χ0) is 23.8. The Kier molecular flexibility index (Phi) is 8.36. The number of amides is 1. The van der Waals surface area contributed by atoms with Crippen molar-refractivity contribution < 1.29 is 19.0 Å². The molecule has 174 valence electrons. The van der Waals surface area contributed by atoms with Gasteiger partial charge in [0, 0.05) is 11.1 Å². The van der Waals surface area contributed by atoms with E-state index in [1.165, 1.54) is 0 Å². The van der Waals surface area contributed by atoms with E-state index in [4.69, 9.17) is 14.2 Å². The van der Waals surface area contributed by atoms with Crippen LogP contribution < -0.4 is 19.5 Å². The van der Waals surface area contributed by atoms with Crippen LogP contribution >= 0.6 is 0 Å². The number of hydrogen-bond acceptors (Lipinski definition) is 4. The average Bonchev–Trinajstić information content (AvgIpc) is 2.85. The van der Waals surface area contributed by atoms with Crippen LogP contribution in [0.2, 0.25) is 0 Å². The Balaban J connectivity index is 2.03. The van der Waals surface area contributed by atoms with Gasteiger partial charge in [-0.2, -0.15) is 0 Å². The van der Waals surface area contributed by atoms with Gasteiger partial charge in [0.2, 0.25) is 5.91 Å². The van der Waals surface area contributed by atoms with E-state index in [0.29, 0.717) is 17.4 Å². The topological polar surface area (TPSA) is 56.8 Å². The average molecular weight is 448 g/mol. The van der Waals surface area contributed by atoms with Gasteiger partial charge in [-0.3, -0.25) is 4.79 Å². The minimum absolute atomic E-state index is 0.0457. The summed E-state index contributed by atoms with van der Waals surface area (Å²) >= 11 is 0. The Bertz CT molecular complexity index is 998. The van der Waals surface area contributed by atoms with Gasteiger partial charge in [0.25, 0.3) is 0 Å². The maximum Gasteiger partial charge on any atom is 0.228 e. The van der Waals surface area contributed by atoms with Crippen molar-refractivity contribution in [3.8, 4) is 17.2 Å². The van der Waals surface area contributed by atoms with Crippen LogP contribution in [0.15, 0.2) is 72.8 Å². The number of para-hydroxylation sites is 2. The highest BCUT2D eigenvalue weighted by Gasteiger charge is 2.28.